The molecule has 3 aromatic rings. The molecule has 0 fully saturated rings. The average molecular weight is 385 g/mol. The quantitative estimate of drug-likeness (QED) is 0.665. The number of primary amides is 1. The van der Waals surface area contributed by atoms with E-state index in [0.717, 1.165) is 5.56 Å². The van der Waals surface area contributed by atoms with Crippen LogP contribution in [0.5, 0.6) is 11.5 Å². The number of ether oxygens (including phenoxy) is 1. The number of hydrogen-bond acceptors (Lipinski definition) is 4. The number of nitrogens with zero attached hydrogens (tertiary/aromatic N) is 1. The van der Waals surface area contributed by atoms with Gasteiger partial charge in [0.15, 0.2) is 0 Å². The number of carbonyl (C=O) groups is 1. The van der Waals surface area contributed by atoms with Crippen LogP contribution in [0.2, 0.25) is 5.02 Å². The first-order valence-electron chi connectivity index (χ1n) is 8.67. The van der Waals surface area contributed by atoms with E-state index in [-0.39, 0.29) is 5.75 Å². The third-order valence-electron chi connectivity index (χ3n) is 4.84. The van der Waals surface area contributed by atoms with Crippen molar-refractivity contribution in [2.75, 3.05) is 7.11 Å². The Bertz CT molecular complexity index is 990. The van der Waals surface area contributed by atoms with Gasteiger partial charge in [-0.3, -0.25) is 9.78 Å². The van der Waals surface area contributed by atoms with Gasteiger partial charge in [-0.1, -0.05) is 30.7 Å². The van der Waals surface area contributed by atoms with Crippen molar-refractivity contribution in [2.45, 2.75) is 19.3 Å². The SMILES string of the molecule is CCC(C(N)=O)C(c1cccc(OC)c1)c1cc(Cl)c2cccnc2c1O. The van der Waals surface area contributed by atoms with Crippen LogP contribution in [0.4, 0.5) is 0 Å². The molecule has 27 heavy (non-hydrogen) atoms. The topological polar surface area (TPSA) is 85.4 Å². The normalized spacial score (nSPS) is 13.3. The summed E-state index contributed by atoms with van der Waals surface area (Å²) in [4.78, 5) is 16.5. The number of amides is 1. The van der Waals surface area contributed by atoms with Crippen molar-refractivity contribution in [3.05, 3.63) is 64.8 Å². The van der Waals surface area contributed by atoms with Crippen molar-refractivity contribution in [2.24, 2.45) is 11.7 Å². The molecule has 1 amide bonds. The van der Waals surface area contributed by atoms with E-state index in [4.69, 9.17) is 22.1 Å². The van der Waals surface area contributed by atoms with Crippen molar-refractivity contribution >= 4 is 28.4 Å². The van der Waals surface area contributed by atoms with E-state index in [1.165, 1.54) is 0 Å². The highest BCUT2D eigenvalue weighted by atomic mass is 35.5. The summed E-state index contributed by atoms with van der Waals surface area (Å²) < 4.78 is 5.32. The lowest BCUT2D eigenvalue weighted by Crippen LogP contribution is -2.29. The summed E-state index contributed by atoms with van der Waals surface area (Å²) in [7, 11) is 1.58. The zero-order valence-electron chi connectivity index (χ0n) is 15.1. The summed E-state index contributed by atoms with van der Waals surface area (Å²) in [6.45, 7) is 1.89. The second-order valence-electron chi connectivity index (χ2n) is 6.37. The number of benzene rings is 2. The Morgan fingerprint density at radius 1 is 1.30 bits per heavy atom. The van der Waals surface area contributed by atoms with Gasteiger partial charge in [-0.25, -0.2) is 0 Å². The Balaban J connectivity index is 2.29. The third kappa shape index (κ3) is 3.55. The van der Waals surface area contributed by atoms with E-state index in [1.807, 2.05) is 31.2 Å². The minimum atomic E-state index is -0.528. The highest BCUT2D eigenvalue weighted by Crippen LogP contribution is 2.43. The van der Waals surface area contributed by atoms with Gasteiger partial charge in [0.1, 0.15) is 17.0 Å². The number of phenolic OH excluding ortho intramolecular Hbond substituents is 1. The Morgan fingerprint density at radius 2 is 2.07 bits per heavy atom. The molecular formula is C21H21ClN2O3. The molecule has 1 aromatic heterocycles. The van der Waals surface area contributed by atoms with E-state index in [2.05, 4.69) is 4.98 Å². The van der Waals surface area contributed by atoms with Gasteiger partial charge in [-0.05, 0) is 42.3 Å². The number of methoxy groups -OCH3 is 1. The van der Waals surface area contributed by atoms with Crippen molar-refractivity contribution in [1.82, 2.24) is 4.98 Å². The first-order chi connectivity index (χ1) is 13.0. The zero-order chi connectivity index (χ0) is 19.6. The van der Waals surface area contributed by atoms with Crippen LogP contribution in [-0.4, -0.2) is 23.1 Å². The first kappa shape index (κ1) is 19.0. The molecule has 3 N–H and O–H groups in total. The van der Waals surface area contributed by atoms with Crippen LogP contribution in [0.15, 0.2) is 48.7 Å². The fourth-order valence-corrected chi connectivity index (χ4v) is 3.78. The smallest absolute Gasteiger partial charge is 0.221 e. The number of halogens is 1. The molecule has 0 radical (unpaired) electrons. The van der Waals surface area contributed by atoms with Gasteiger partial charge in [0, 0.05) is 29.0 Å². The largest absolute Gasteiger partial charge is 0.505 e. The molecule has 0 saturated carbocycles. The summed E-state index contributed by atoms with van der Waals surface area (Å²) in [6.07, 6.45) is 2.10. The van der Waals surface area contributed by atoms with Crippen LogP contribution in [0, 0.1) is 5.92 Å². The van der Waals surface area contributed by atoms with E-state index >= 15 is 0 Å². The number of fused-ring (bicyclic) bond motifs is 1. The van der Waals surface area contributed by atoms with Gasteiger partial charge in [-0.15, -0.1) is 0 Å². The van der Waals surface area contributed by atoms with Crippen molar-refractivity contribution in [1.29, 1.82) is 0 Å². The maximum absolute atomic E-state index is 12.2. The minimum Gasteiger partial charge on any atom is -0.505 e. The fourth-order valence-electron chi connectivity index (χ4n) is 3.51. The molecule has 0 aliphatic rings. The van der Waals surface area contributed by atoms with E-state index in [9.17, 15) is 9.90 Å². The van der Waals surface area contributed by atoms with Gasteiger partial charge in [0.05, 0.1) is 12.1 Å². The molecule has 5 nitrogen and oxygen atoms in total. The number of aromatic hydroxyl groups is 1. The lowest BCUT2D eigenvalue weighted by atomic mass is 9.78. The maximum Gasteiger partial charge on any atom is 0.221 e. The summed E-state index contributed by atoms with van der Waals surface area (Å²) in [5.41, 5.74) is 7.41. The summed E-state index contributed by atoms with van der Waals surface area (Å²) in [5.74, 6) is -0.794. The third-order valence-corrected chi connectivity index (χ3v) is 5.15. The summed E-state index contributed by atoms with van der Waals surface area (Å²) in [5, 5.41) is 12.1. The van der Waals surface area contributed by atoms with Gasteiger partial charge < -0.3 is 15.6 Å². The molecule has 140 valence electrons. The van der Waals surface area contributed by atoms with Crippen LogP contribution in [-0.2, 0) is 4.79 Å². The molecular weight excluding hydrogens is 364 g/mol. The maximum atomic E-state index is 12.2. The second kappa shape index (κ2) is 7.84. The number of nitrogens with two attached hydrogens (primary N) is 1. The van der Waals surface area contributed by atoms with E-state index in [1.54, 1.807) is 31.5 Å². The zero-order valence-corrected chi connectivity index (χ0v) is 15.9. The van der Waals surface area contributed by atoms with Crippen LogP contribution in [0.25, 0.3) is 10.9 Å². The molecule has 0 bridgehead atoms. The number of pyridine rings is 1. The van der Waals surface area contributed by atoms with Gasteiger partial charge in [0.25, 0.3) is 0 Å². The van der Waals surface area contributed by atoms with Crippen molar-refractivity contribution in [3.8, 4) is 11.5 Å². The summed E-state index contributed by atoms with van der Waals surface area (Å²) in [6, 6.07) is 12.6. The monoisotopic (exact) mass is 384 g/mol. The molecule has 3 rings (SSSR count). The molecule has 0 saturated heterocycles. The van der Waals surface area contributed by atoms with Gasteiger partial charge in [0.2, 0.25) is 5.91 Å². The van der Waals surface area contributed by atoms with E-state index < -0.39 is 17.7 Å². The van der Waals surface area contributed by atoms with Gasteiger partial charge in [-0.2, -0.15) is 0 Å². The molecule has 2 atom stereocenters. The predicted octanol–water partition coefficient (Wildman–Crippen LogP) is 4.25. The van der Waals surface area contributed by atoms with E-state index in [0.29, 0.717) is 33.7 Å². The van der Waals surface area contributed by atoms with Crippen LogP contribution < -0.4 is 10.5 Å². The molecule has 0 aliphatic heterocycles. The fraction of sp³-hybridized carbons (Fsp3) is 0.238. The predicted molar refractivity (Wildman–Crippen MR) is 106 cm³/mol. The number of phenols is 1. The lowest BCUT2D eigenvalue weighted by Gasteiger charge is -2.26. The minimum absolute atomic E-state index is 0.00233. The molecule has 1 heterocycles. The Morgan fingerprint density at radius 3 is 2.74 bits per heavy atom. The molecule has 0 aliphatic carbocycles. The Hall–Kier alpha value is -2.79. The van der Waals surface area contributed by atoms with Crippen LogP contribution >= 0.6 is 11.6 Å². The second-order valence-corrected chi connectivity index (χ2v) is 6.77. The number of hydrogen-bond donors (Lipinski definition) is 2. The average Bonchev–Trinajstić information content (AvgIpc) is 2.69. The number of aromatic nitrogens is 1. The first-order valence-corrected chi connectivity index (χ1v) is 9.05. The number of carbonyl (C=O) groups excluding carboxylic acids is 1. The Labute approximate surface area is 162 Å². The van der Waals surface area contributed by atoms with Crippen LogP contribution in [0.3, 0.4) is 0 Å². The highest BCUT2D eigenvalue weighted by Gasteiger charge is 2.31. The van der Waals surface area contributed by atoms with Gasteiger partial charge >= 0.3 is 0 Å². The van der Waals surface area contributed by atoms with Crippen molar-refractivity contribution in [3.63, 3.8) is 0 Å². The molecule has 6 heteroatoms. The lowest BCUT2D eigenvalue weighted by molar-refractivity contribution is -0.122. The van der Waals surface area contributed by atoms with Crippen LogP contribution in [0.1, 0.15) is 30.4 Å². The molecule has 0 spiro atoms. The summed E-state index contributed by atoms with van der Waals surface area (Å²) >= 11 is 6.46. The molecule has 2 aromatic carbocycles. The molecule has 2 unspecified atom stereocenters. The standard InChI is InChI=1S/C21H21ClN2O3/c1-3-14(21(23)26)18(12-6-4-7-13(10-12)27-2)16-11-17(22)15-8-5-9-24-19(15)20(16)25/h4-11,14,18,25H,3H2,1-2H3,(H2,23,26). The van der Waals surface area contributed by atoms with Crippen molar-refractivity contribution < 1.29 is 14.6 Å². The Kier molecular flexibility index (Phi) is 5.51. The highest BCUT2D eigenvalue weighted by molar-refractivity contribution is 6.35. The number of rotatable bonds is 6.